The number of hydrogen-bond acceptors (Lipinski definition) is 2. The Morgan fingerprint density at radius 1 is 0.786 bits per heavy atom. The number of thiocarbonyl (C=S) groups is 1. The molecule has 0 aliphatic rings. The highest BCUT2D eigenvalue weighted by Crippen LogP contribution is 2.26. The van der Waals surface area contributed by atoms with Gasteiger partial charge in [0.05, 0.1) is 5.92 Å². The zero-order chi connectivity index (χ0) is 19.9. The molecule has 142 valence electrons. The lowest BCUT2D eigenvalue weighted by atomic mass is 9.90. The monoisotopic (exact) mass is 388 g/mol. The second kappa shape index (κ2) is 9.29. The van der Waals surface area contributed by atoms with E-state index in [0.29, 0.717) is 11.0 Å². The van der Waals surface area contributed by atoms with Gasteiger partial charge < -0.3 is 10.6 Å². The number of amides is 1. The molecule has 0 saturated heterocycles. The minimum absolute atomic E-state index is 0.156. The molecule has 28 heavy (non-hydrogen) atoms. The summed E-state index contributed by atoms with van der Waals surface area (Å²) < 4.78 is 0. The van der Waals surface area contributed by atoms with Crippen LogP contribution in [-0.2, 0) is 4.79 Å². The Morgan fingerprint density at radius 2 is 1.29 bits per heavy atom. The van der Waals surface area contributed by atoms with Crippen molar-refractivity contribution >= 4 is 28.9 Å². The van der Waals surface area contributed by atoms with Crippen molar-refractivity contribution < 1.29 is 4.79 Å². The third kappa shape index (κ3) is 4.84. The van der Waals surface area contributed by atoms with Gasteiger partial charge in [-0.2, -0.15) is 0 Å². The second-order valence-corrected chi connectivity index (χ2v) is 7.35. The second-order valence-electron chi connectivity index (χ2n) is 6.94. The van der Waals surface area contributed by atoms with E-state index in [9.17, 15) is 4.79 Å². The molecule has 3 aromatic rings. The molecule has 3 nitrogen and oxygen atoms in total. The van der Waals surface area contributed by atoms with E-state index in [4.69, 9.17) is 12.2 Å². The van der Waals surface area contributed by atoms with Gasteiger partial charge in [-0.15, -0.1) is 0 Å². The van der Waals surface area contributed by atoms with Crippen molar-refractivity contribution in [3.05, 3.63) is 102 Å². The molecule has 3 aromatic carbocycles. The Bertz CT molecular complexity index is 900. The van der Waals surface area contributed by atoms with E-state index in [2.05, 4.69) is 30.5 Å². The minimum atomic E-state index is -0.428. The number of rotatable bonds is 5. The van der Waals surface area contributed by atoms with E-state index >= 15 is 0 Å². The van der Waals surface area contributed by atoms with E-state index < -0.39 is 5.92 Å². The number of nitrogens with one attached hydrogen (secondary N) is 2. The van der Waals surface area contributed by atoms with Crippen molar-refractivity contribution in [1.82, 2.24) is 5.32 Å². The van der Waals surface area contributed by atoms with Gasteiger partial charge >= 0.3 is 0 Å². The normalized spacial score (nSPS) is 10.7. The molecule has 0 radical (unpaired) electrons. The van der Waals surface area contributed by atoms with Gasteiger partial charge in [0.25, 0.3) is 0 Å². The molecule has 0 aliphatic heterocycles. The first kappa shape index (κ1) is 19.8. The van der Waals surface area contributed by atoms with Crippen LogP contribution in [0.25, 0.3) is 0 Å². The number of carbonyl (C=O) groups excluding carboxylic acids is 1. The average Bonchev–Trinajstić information content (AvgIpc) is 2.70. The predicted octanol–water partition coefficient (Wildman–Crippen LogP) is 5.46. The summed E-state index contributed by atoms with van der Waals surface area (Å²) in [7, 11) is 0. The lowest BCUT2D eigenvalue weighted by molar-refractivity contribution is -0.120. The van der Waals surface area contributed by atoms with Crippen LogP contribution >= 0.6 is 12.2 Å². The highest BCUT2D eigenvalue weighted by Gasteiger charge is 2.23. The predicted molar refractivity (Wildman–Crippen MR) is 120 cm³/mol. The summed E-state index contributed by atoms with van der Waals surface area (Å²) in [6.07, 6.45) is 0. The van der Waals surface area contributed by atoms with Gasteiger partial charge in [0.2, 0.25) is 5.91 Å². The topological polar surface area (TPSA) is 41.1 Å². The third-order valence-electron chi connectivity index (χ3n) is 4.60. The van der Waals surface area contributed by atoms with Crippen LogP contribution in [0.5, 0.6) is 0 Å². The van der Waals surface area contributed by atoms with Gasteiger partial charge in [-0.3, -0.25) is 4.79 Å². The molecule has 3 rings (SSSR count). The highest BCUT2D eigenvalue weighted by atomic mass is 32.1. The van der Waals surface area contributed by atoms with Crippen molar-refractivity contribution in [3.8, 4) is 0 Å². The van der Waals surface area contributed by atoms with Crippen LogP contribution < -0.4 is 10.6 Å². The smallest absolute Gasteiger partial charge is 0.238 e. The highest BCUT2D eigenvalue weighted by molar-refractivity contribution is 7.80. The molecule has 4 heteroatoms. The molecule has 0 aromatic heterocycles. The summed E-state index contributed by atoms with van der Waals surface area (Å²) in [4.78, 5) is 13.1. The fourth-order valence-corrected chi connectivity index (χ4v) is 3.45. The Kier molecular flexibility index (Phi) is 6.56. The molecule has 0 spiro atoms. The average molecular weight is 389 g/mol. The van der Waals surface area contributed by atoms with Crippen LogP contribution in [0.3, 0.4) is 0 Å². The largest absolute Gasteiger partial charge is 0.332 e. The third-order valence-corrected chi connectivity index (χ3v) is 4.80. The van der Waals surface area contributed by atoms with E-state index in [-0.39, 0.29) is 5.91 Å². The van der Waals surface area contributed by atoms with E-state index in [1.54, 1.807) is 0 Å². The van der Waals surface area contributed by atoms with E-state index in [0.717, 1.165) is 22.4 Å². The maximum Gasteiger partial charge on any atom is 0.238 e. The van der Waals surface area contributed by atoms with Crippen LogP contribution in [-0.4, -0.2) is 11.0 Å². The molecule has 0 fully saturated rings. The molecule has 0 saturated carbocycles. The fraction of sp³-hybridized carbons (Fsp3) is 0.167. The molecule has 0 unspecified atom stereocenters. The Hall–Kier alpha value is -2.98. The minimum Gasteiger partial charge on any atom is -0.332 e. The Labute approximate surface area is 171 Å². The maximum absolute atomic E-state index is 13.1. The Balaban J connectivity index is 1.80. The quantitative estimate of drug-likeness (QED) is 0.571. The number of carbonyl (C=O) groups is 1. The standard InChI is InChI=1S/C24H24N2OS/c1-17(2)20-15-9-10-16-21(20)25-24(28)26-23(27)22(18-11-5-3-6-12-18)19-13-7-4-8-14-19/h3-17,22H,1-2H3,(H2,25,26,27,28). The number of anilines is 1. The van der Waals surface area contributed by atoms with Gasteiger partial charge in [0.1, 0.15) is 0 Å². The van der Waals surface area contributed by atoms with Gasteiger partial charge in [-0.05, 0) is 40.9 Å². The SMILES string of the molecule is CC(C)c1ccccc1NC(=S)NC(=O)C(c1ccccc1)c1ccccc1. The molecule has 1 amide bonds. The van der Waals surface area contributed by atoms with E-state index in [1.807, 2.05) is 78.9 Å². The summed E-state index contributed by atoms with van der Waals surface area (Å²) in [6, 6.07) is 27.5. The lowest BCUT2D eigenvalue weighted by Gasteiger charge is -2.20. The summed E-state index contributed by atoms with van der Waals surface area (Å²) in [5, 5.41) is 6.35. The first-order valence-corrected chi connectivity index (χ1v) is 9.77. The number of benzene rings is 3. The van der Waals surface area contributed by atoms with Crippen LogP contribution in [0.1, 0.15) is 42.4 Å². The molecular formula is C24H24N2OS. The summed E-state index contributed by atoms with van der Waals surface area (Å²) in [5.74, 6) is -0.233. The molecule has 0 heterocycles. The van der Waals surface area contributed by atoms with Gasteiger partial charge in [-0.25, -0.2) is 0 Å². The number of para-hydroxylation sites is 1. The van der Waals surface area contributed by atoms with Crippen molar-refractivity contribution in [2.45, 2.75) is 25.7 Å². The van der Waals surface area contributed by atoms with Crippen LogP contribution in [0.2, 0.25) is 0 Å². The number of hydrogen-bond donors (Lipinski definition) is 2. The summed E-state index contributed by atoms with van der Waals surface area (Å²) in [5.41, 5.74) is 3.92. The van der Waals surface area contributed by atoms with Gasteiger partial charge in [0, 0.05) is 5.69 Å². The zero-order valence-corrected chi connectivity index (χ0v) is 16.9. The molecular weight excluding hydrogens is 364 g/mol. The van der Waals surface area contributed by atoms with Crippen LogP contribution in [0.4, 0.5) is 5.69 Å². The first-order valence-electron chi connectivity index (χ1n) is 9.37. The molecule has 0 atom stereocenters. The van der Waals surface area contributed by atoms with Gasteiger partial charge in [0.15, 0.2) is 5.11 Å². The molecule has 0 bridgehead atoms. The first-order chi connectivity index (χ1) is 13.6. The van der Waals surface area contributed by atoms with Crippen molar-refractivity contribution in [1.29, 1.82) is 0 Å². The maximum atomic E-state index is 13.1. The van der Waals surface area contributed by atoms with E-state index in [1.165, 1.54) is 0 Å². The van der Waals surface area contributed by atoms with Crippen LogP contribution in [0.15, 0.2) is 84.9 Å². The fourth-order valence-electron chi connectivity index (χ4n) is 3.24. The van der Waals surface area contributed by atoms with Crippen LogP contribution in [0, 0.1) is 0 Å². The lowest BCUT2D eigenvalue weighted by Crippen LogP contribution is -2.38. The molecule has 0 aliphatic carbocycles. The van der Waals surface area contributed by atoms with Crippen molar-refractivity contribution in [2.75, 3.05) is 5.32 Å². The van der Waals surface area contributed by atoms with Gasteiger partial charge in [-0.1, -0.05) is 92.7 Å². The van der Waals surface area contributed by atoms with Crippen molar-refractivity contribution in [3.63, 3.8) is 0 Å². The summed E-state index contributed by atoms with van der Waals surface area (Å²) in [6.45, 7) is 4.26. The van der Waals surface area contributed by atoms with Crippen molar-refractivity contribution in [2.24, 2.45) is 0 Å². The Morgan fingerprint density at radius 3 is 1.82 bits per heavy atom. The zero-order valence-electron chi connectivity index (χ0n) is 16.1. The summed E-state index contributed by atoms with van der Waals surface area (Å²) >= 11 is 5.43. The molecule has 2 N–H and O–H groups in total.